The summed E-state index contributed by atoms with van der Waals surface area (Å²) in [6, 6.07) is 7.75. The molecule has 3 nitrogen and oxygen atoms in total. The van der Waals surface area contributed by atoms with Gasteiger partial charge in [-0.1, -0.05) is 26.0 Å². The Hall–Kier alpha value is -1.51. The minimum atomic E-state index is 0.205. The lowest BCUT2D eigenvalue weighted by atomic mass is 9.97. The Morgan fingerprint density at radius 3 is 2.47 bits per heavy atom. The zero-order chi connectivity index (χ0) is 12.8. The summed E-state index contributed by atoms with van der Waals surface area (Å²) >= 11 is 0. The smallest absolute Gasteiger partial charge is 0.222 e. The van der Waals surface area contributed by atoms with Crippen molar-refractivity contribution in [3.63, 3.8) is 0 Å². The van der Waals surface area contributed by atoms with Crippen LogP contribution in [0.5, 0.6) is 0 Å². The van der Waals surface area contributed by atoms with Gasteiger partial charge in [0.2, 0.25) is 5.91 Å². The van der Waals surface area contributed by atoms with E-state index in [-0.39, 0.29) is 11.8 Å². The summed E-state index contributed by atoms with van der Waals surface area (Å²) in [4.78, 5) is 13.7. The highest BCUT2D eigenvalue weighted by atomic mass is 16.2. The van der Waals surface area contributed by atoms with Crippen molar-refractivity contribution in [1.29, 1.82) is 0 Å². The minimum absolute atomic E-state index is 0.205. The molecule has 0 saturated heterocycles. The quantitative estimate of drug-likeness (QED) is 0.796. The first-order chi connectivity index (χ1) is 8.04. The van der Waals surface area contributed by atoms with Crippen LogP contribution in [0.2, 0.25) is 0 Å². The van der Waals surface area contributed by atoms with Crippen LogP contribution < -0.4 is 5.73 Å². The van der Waals surface area contributed by atoms with Crippen LogP contribution in [0, 0.1) is 0 Å². The van der Waals surface area contributed by atoms with Gasteiger partial charge < -0.3 is 10.6 Å². The van der Waals surface area contributed by atoms with Crippen molar-refractivity contribution in [3.8, 4) is 0 Å². The Balaban J connectivity index is 2.57. The third-order valence-electron chi connectivity index (χ3n) is 2.97. The van der Waals surface area contributed by atoms with E-state index in [4.69, 9.17) is 5.73 Å². The molecule has 0 spiro atoms. The molecule has 0 aliphatic carbocycles. The lowest BCUT2D eigenvalue weighted by Gasteiger charge is -2.19. The largest absolute Gasteiger partial charge is 0.399 e. The van der Waals surface area contributed by atoms with E-state index in [2.05, 4.69) is 13.8 Å². The number of benzene rings is 1. The molecule has 0 heterocycles. The number of hydrogen-bond acceptors (Lipinski definition) is 2. The second-order valence-electron chi connectivity index (χ2n) is 4.59. The molecule has 1 unspecified atom stereocenters. The first-order valence-electron chi connectivity index (χ1n) is 6.14. The van der Waals surface area contributed by atoms with Crippen LogP contribution >= 0.6 is 0 Å². The lowest BCUT2D eigenvalue weighted by Crippen LogP contribution is -2.28. The Morgan fingerprint density at radius 2 is 1.94 bits per heavy atom. The Labute approximate surface area is 104 Å². The van der Waals surface area contributed by atoms with Gasteiger partial charge >= 0.3 is 0 Å². The molecule has 94 valence electrons. The Morgan fingerprint density at radius 1 is 1.35 bits per heavy atom. The van der Waals surface area contributed by atoms with Gasteiger partial charge in [-0.25, -0.2) is 0 Å². The maximum atomic E-state index is 11.9. The molecule has 0 radical (unpaired) electrons. The zero-order valence-electron chi connectivity index (χ0n) is 10.9. The fraction of sp³-hybridized carbons (Fsp3) is 0.500. The SMILES string of the molecule is CCCN(C)C(=O)CC(C)c1ccc(N)cc1. The molecule has 1 aromatic carbocycles. The summed E-state index contributed by atoms with van der Waals surface area (Å²) < 4.78 is 0. The Kier molecular flexibility index (Phi) is 5.01. The predicted molar refractivity (Wildman–Crippen MR) is 71.8 cm³/mol. The van der Waals surface area contributed by atoms with Crippen LogP contribution in [-0.2, 0) is 4.79 Å². The molecule has 1 amide bonds. The molecule has 1 atom stereocenters. The summed E-state index contributed by atoms with van der Waals surface area (Å²) in [6.07, 6.45) is 1.55. The van der Waals surface area contributed by atoms with Crippen LogP contribution in [0.1, 0.15) is 38.2 Å². The molecule has 0 aliphatic heterocycles. The van der Waals surface area contributed by atoms with E-state index in [0.29, 0.717) is 6.42 Å². The molecular weight excluding hydrogens is 212 g/mol. The minimum Gasteiger partial charge on any atom is -0.399 e. The van der Waals surface area contributed by atoms with Gasteiger partial charge in [0.1, 0.15) is 0 Å². The maximum absolute atomic E-state index is 11.9. The van der Waals surface area contributed by atoms with Crippen molar-refractivity contribution in [2.24, 2.45) is 0 Å². The van der Waals surface area contributed by atoms with Gasteiger partial charge in [-0.05, 0) is 30.0 Å². The third kappa shape index (κ3) is 4.10. The second-order valence-corrected chi connectivity index (χ2v) is 4.59. The summed E-state index contributed by atoms with van der Waals surface area (Å²) in [7, 11) is 1.86. The highest BCUT2D eigenvalue weighted by Crippen LogP contribution is 2.20. The standard InChI is InChI=1S/C14H22N2O/c1-4-9-16(3)14(17)10-11(2)12-5-7-13(15)8-6-12/h5-8,11H,4,9-10,15H2,1-3H3. The zero-order valence-corrected chi connectivity index (χ0v) is 10.9. The molecule has 0 aliphatic rings. The highest BCUT2D eigenvalue weighted by molar-refractivity contribution is 5.76. The molecule has 3 heteroatoms. The van der Waals surface area contributed by atoms with Gasteiger partial charge in [0.25, 0.3) is 0 Å². The van der Waals surface area contributed by atoms with Crippen LogP contribution in [-0.4, -0.2) is 24.4 Å². The van der Waals surface area contributed by atoms with E-state index >= 15 is 0 Å². The number of nitrogen functional groups attached to an aromatic ring is 1. The second kappa shape index (κ2) is 6.28. The summed E-state index contributed by atoms with van der Waals surface area (Å²) in [6.45, 7) is 4.98. The average Bonchev–Trinajstić information content (AvgIpc) is 2.30. The molecule has 17 heavy (non-hydrogen) atoms. The summed E-state index contributed by atoms with van der Waals surface area (Å²) in [5.41, 5.74) is 7.56. The lowest BCUT2D eigenvalue weighted by molar-refractivity contribution is -0.130. The van der Waals surface area contributed by atoms with Gasteiger partial charge in [-0.2, -0.15) is 0 Å². The molecule has 0 fully saturated rings. The van der Waals surface area contributed by atoms with Crippen molar-refractivity contribution in [2.45, 2.75) is 32.6 Å². The van der Waals surface area contributed by atoms with E-state index in [9.17, 15) is 4.79 Å². The maximum Gasteiger partial charge on any atom is 0.222 e. The number of hydrogen-bond donors (Lipinski definition) is 1. The number of carbonyl (C=O) groups excluding carboxylic acids is 1. The van der Waals surface area contributed by atoms with E-state index in [1.807, 2.05) is 31.3 Å². The van der Waals surface area contributed by atoms with Gasteiger partial charge in [0.05, 0.1) is 0 Å². The topological polar surface area (TPSA) is 46.3 Å². The van der Waals surface area contributed by atoms with Gasteiger partial charge in [0.15, 0.2) is 0 Å². The van der Waals surface area contributed by atoms with Crippen LogP contribution in [0.25, 0.3) is 0 Å². The van der Waals surface area contributed by atoms with Crippen LogP contribution in [0.3, 0.4) is 0 Å². The van der Waals surface area contributed by atoms with Gasteiger partial charge in [-0.3, -0.25) is 4.79 Å². The molecule has 1 aromatic rings. The number of carbonyl (C=O) groups is 1. The van der Waals surface area contributed by atoms with Gasteiger partial charge in [0, 0.05) is 25.7 Å². The first kappa shape index (κ1) is 13.6. The number of amides is 1. The fourth-order valence-corrected chi connectivity index (χ4v) is 1.82. The molecule has 0 aromatic heterocycles. The fourth-order valence-electron chi connectivity index (χ4n) is 1.82. The molecule has 0 bridgehead atoms. The van der Waals surface area contributed by atoms with Crippen molar-refractivity contribution in [2.75, 3.05) is 19.3 Å². The number of nitrogens with two attached hydrogens (primary N) is 1. The van der Waals surface area contributed by atoms with Crippen molar-refractivity contribution in [1.82, 2.24) is 4.90 Å². The van der Waals surface area contributed by atoms with Crippen molar-refractivity contribution >= 4 is 11.6 Å². The van der Waals surface area contributed by atoms with Crippen LogP contribution in [0.15, 0.2) is 24.3 Å². The monoisotopic (exact) mass is 234 g/mol. The normalized spacial score (nSPS) is 12.2. The summed E-state index contributed by atoms with van der Waals surface area (Å²) in [5.74, 6) is 0.443. The van der Waals surface area contributed by atoms with E-state index in [0.717, 1.165) is 24.2 Å². The molecular formula is C14H22N2O. The van der Waals surface area contributed by atoms with E-state index < -0.39 is 0 Å². The third-order valence-corrected chi connectivity index (χ3v) is 2.97. The van der Waals surface area contributed by atoms with Crippen molar-refractivity contribution < 1.29 is 4.79 Å². The molecule has 2 N–H and O–H groups in total. The average molecular weight is 234 g/mol. The van der Waals surface area contributed by atoms with Gasteiger partial charge in [-0.15, -0.1) is 0 Å². The number of rotatable bonds is 5. The van der Waals surface area contributed by atoms with Crippen molar-refractivity contribution in [3.05, 3.63) is 29.8 Å². The first-order valence-corrected chi connectivity index (χ1v) is 6.14. The number of anilines is 1. The highest BCUT2D eigenvalue weighted by Gasteiger charge is 2.14. The predicted octanol–water partition coefficient (Wildman–Crippen LogP) is 2.63. The number of nitrogens with zero attached hydrogens (tertiary/aromatic N) is 1. The Bertz CT molecular complexity index is 359. The summed E-state index contributed by atoms with van der Waals surface area (Å²) in [5, 5.41) is 0. The van der Waals surface area contributed by atoms with E-state index in [1.54, 1.807) is 4.90 Å². The van der Waals surface area contributed by atoms with Crippen LogP contribution in [0.4, 0.5) is 5.69 Å². The van der Waals surface area contributed by atoms with E-state index in [1.165, 1.54) is 0 Å². The molecule has 1 rings (SSSR count). The molecule has 0 saturated carbocycles.